The van der Waals surface area contributed by atoms with Crippen molar-refractivity contribution in [1.29, 1.82) is 5.26 Å². The van der Waals surface area contributed by atoms with Crippen LogP contribution in [-0.4, -0.2) is 61.3 Å². The van der Waals surface area contributed by atoms with Crippen LogP contribution >= 0.6 is 11.6 Å². The standard InChI is InChI=1S/C21H26ClN5O2S/c1-25(18-5-3-2-4-6-18)30(28,29)27-11-9-26(10-12-27)21-16(14-23)15-24-20-8-7-17(22)13-19(20)21/h7-8,13,15,18H,2-6,9-12H2,1H3. The molecule has 1 saturated heterocycles. The zero-order valence-corrected chi connectivity index (χ0v) is 18.7. The highest BCUT2D eigenvalue weighted by Crippen LogP contribution is 2.32. The summed E-state index contributed by atoms with van der Waals surface area (Å²) in [5, 5.41) is 11.0. The molecule has 1 aromatic carbocycles. The van der Waals surface area contributed by atoms with Crippen LogP contribution in [0.3, 0.4) is 0 Å². The van der Waals surface area contributed by atoms with Crippen molar-refractivity contribution in [3.05, 3.63) is 35.0 Å². The second-order valence-electron chi connectivity index (χ2n) is 8.00. The van der Waals surface area contributed by atoms with Gasteiger partial charge in [-0.25, -0.2) is 0 Å². The number of hydrogen-bond acceptors (Lipinski definition) is 5. The fraction of sp³-hybridized carbons (Fsp3) is 0.524. The molecule has 2 aromatic rings. The second kappa shape index (κ2) is 8.67. The van der Waals surface area contributed by atoms with Crippen molar-refractivity contribution in [3.63, 3.8) is 0 Å². The Kier molecular flexibility index (Phi) is 6.16. The van der Waals surface area contributed by atoms with Gasteiger partial charge in [0.2, 0.25) is 0 Å². The average molecular weight is 448 g/mol. The monoisotopic (exact) mass is 447 g/mol. The Labute approximate surface area is 183 Å². The number of benzene rings is 1. The van der Waals surface area contributed by atoms with Gasteiger partial charge in [0.1, 0.15) is 6.07 Å². The van der Waals surface area contributed by atoms with Gasteiger partial charge in [0.25, 0.3) is 10.2 Å². The summed E-state index contributed by atoms with van der Waals surface area (Å²) >= 11 is 6.19. The van der Waals surface area contributed by atoms with Gasteiger partial charge in [-0.2, -0.15) is 22.3 Å². The minimum Gasteiger partial charge on any atom is -0.367 e. The van der Waals surface area contributed by atoms with Crippen LogP contribution in [0.1, 0.15) is 37.7 Å². The van der Waals surface area contributed by atoms with Gasteiger partial charge < -0.3 is 4.90 Å². The van der Waals surface area contributed by atoms with Gasteiger partial charge in [-0.15, -0.1) is 0 Å². The molecule has 160 valence electrons. The molecule has 0 spiro atoms. The Morgan fingerprint density at radius 1 is 1.17 bits per heavy atom. The first-order valence-electron chi connectivity index (χ1n) is 10.4. The predicted octanol–water partition coefficient (Wildman–Crippen LogP) is 3.39. The summed E-state index contributed by atoms with van der Waals surface area (Å²) in [5.74, 6) is 0. The van der Waals surface area contributed by atoms with E-state index in [1.165, 1.54) is 6.42 Å². The number of rotatable bonds is 4. The van der Waals surface area contributed by atoms with E-state index in [-0.39, 0.29) is 6.04 Å². The molecule has 1 aliphatic heterocycles. The van der Waals surface area contributed by atoms with Gasteiger partial charge in [-0.05, 0) is 31.0 Å². The van der Waals surface area contributed by atoms with Crippen LogP contribution in [0.25, 0.3) is 10.9 Å². The zero-order valence-electron chi connectivity index (χ0n) is 17.1. The van der Waals surface area contributed by atoms with Crippen LogP contribution in [0.15, 0.2) is 24.4 Å². The smallest absolute Gasteiger partial charge is 0.282 e. The number of halogens is 1. The van der Waals surface area contributed by atoms with Crippen molar-refractivity contribution in [3.8, 4) is 6.07 Å². The number of nitrogens with zero attached hydrogens (tertiary/aromatic N) is 5. The summed E-state index contributed by atoms with van der Waals surface area (Å²) in [6.07, 6.45) is 6.82. The first kappa shape index (κ1) is 21.3. The SMILES string of the molecule is CN(C1CCCCC1)S(=O)(=O)N1CCN(c2c(C#N)cnc3ccc(Cl)cc23)CC1. The maximum absolute atomic E-state index is 13.2. The largest absolute Gasteiger partial charge is 0.367 e. The molecule has 30 heavy (non-hydrogen) atoms. The van der Waals surface area contributed by atoms with E-state index >= 15 is 0 Å². The van der Waals surface area contributed by atoms with Gasteiger partial charge in [-0.3, -0.25) is 4.98 Å². The molecule has 2 aliphatic rings. The number of anilines is 1. The van der Waals surface area contributed by atoms with Crippen molar-refractivity contribution < 1.29 is 8.42 Å². The van der Waals surface area contributed by atoms with Crippen LogP contribution in [0, 0.1) is 11.3 Å². The summed E-state index contributed by atoms with van der Waals surface area (Å²) in [5.41, 5.74) is 2.02. The van der Waals surface area contributed by atoms with Crippen molar-refractivity contribution in [2.24, 2.45) is 0 Å². The third-order valence-corrected chi connectivity index (χ3v) is 8.53. The average Bonchev–Trinajstić information content (AvgIpc) is 2.78. The quantitative estimate of drug-likeness (QED) is 0.717. The lowest BCUT2D eigenvalue weighted by molar-refractivity contribution is 0.259. The molecular formula is C21H26ClN5O2S. The molecule has 7 nitrogen and oxygen atoms in total. The molecule has 0 N–H and O–H groups in total. The van der Waals surface area contributed by atoms with Gasteiger partial charge in [0, 0.05) is 55.9 Å². The van der Waals surface area contributed by atoms with E-state index in [1.54, 1.807) is 27.9 Å². The summed E-state index contributed by atoms with van der Waals surface area (Å²) in [6.45, 7) is 1.79. The minimum atomic E-state index is -3.49. The molecule has 0 atom stereocenters. The maximum Gasteiger partial charge on any atom is 0.282 e. The van der Waals surface area contributed by atoms with Crippen molar-refractivity contribution in [2.75, 3.05) is 38.1 Å². The number of nitriles is 1. The number of pyridine rings is 1. The Morgan fingerprint density at radius 2 is 1.87 bits per heavy atom. The maximum atomic E-state index is 13.2. The lowest BCUT2D eigenvalue weighted by atomic mass is 9.96. The number of hydrogen-bond donors (Lipinski definition) is 0. The van der Waals surface area contributed by atoms with Crippen LogP contribution in [0.5, 0.6) is 0 Å². The topological polar surface area (TPSA) is 80.5 Å². The van der Waals surface area contributed by atoms with Gasteiger partial charge >= 0.3 is 0 Å². The first-order chi connectivity index (χ1) is 14.4. The molecule has 4 rings (SSSR count). The summed E-state index contributed by atoms with van der Waals surface area (Å²) in [4.78, 5) is 6.43. The highest BCUT2D eigenvalue weighted by atomic mass is 35.5. The zero-order chi connectivity index (χ0) is 21.3. The van der Waals surface area contributed by atoms with Gasteiger partial charge in [-0.1, -0.05) is 30.9 Å². The molecule has 0 radical (unpaired) electrons. The minimum absolute atomic E-state index is 0.0956. The molecule has 9 heteroatoms. The van der Waals surface area contributed by atoms with Gasteiger partial charge in [0.05, 0.1) is 16.8 Å². The fourth-order valence-electron chi connectivity index (χ4n) is 4.53. The third-order valence-electron chi connectivity index (χ3n) is 6.26. The molecule has 0 unspecified atom stereocenters. The molecule has 2 heterocycles. The van der Waals surface area contributed by atoms with E-state index < -0.39 is 10.2 Å². The van der Waals surface area contributed by atoms with Crippen LogP contribution in [-0.2, 0) is 10.2 Å². The van der Waals surface area contributed by atoms with Crippen molar-refractivity contribution >= 4 is 38.4 Å². The highest BCUT2D eigenvalue weighted by Gasteiger charge is 2.35. The van der Waals surface area contributed by atoms with E-state index in [2.05, 4.69) is 16.0 Å². The van der Waals surface area contributed by atoms with Crippen LogP contribution < -0.4 is 4.90 Å². The molecule has 2 fully saturated rings. The molecule has 0 amide bonds. The van der Waals surface area contributed by atoms with E-state index in [9.17, 15) is 13.7 Å². The van der Waals surface area contributed by atoms with Gasteiger partial charge in [0.15, 0.2) is 0 Å². The molecule has 1 aromatic heterocycles. The second-order valence-corrected chi connectivity index (χ2v) is 10.4. The summed E-state index contributed by atoms with van der Waals surface area (Å²) in [6, 6.07) is 7.75. The lowest BCUT2D eigenvalue weighted by Crippen LogP contribution is -2.54. The summed E-state index contributed by atoms with van der Waals surface area (Å²) in [7, 11) is -1.78. The first-order valence-corrected chi connectivity index (χ1v) is 12.2. The number of aromatic nitrogens is 1. The van der Waals surface area contributed by atoms with E-state index in [0.29, 0.717) is 36.8 Å². The Balaban J connectivity index is 1.55. The summed E-state index contributed by atoms with van der Waals surface area (Å²) < 4.78 is 29.5. The van der Waals surface area contributed by atoms with E-state index in [4.69, 9.17) is 11.6 Å². The Morgan fingerprint density at radius 3 is 2.53 bits per heavy atom. The lowest BCUT2D eigenvalue weighted by Gasteiger charge is -2.39. The predicted molar refractivity (Wildman–Crippen MR) is 119 cm³/mol. The number of piperazine rings is 1. The van der Waals surface area contributed by atoms with Crippen molar-refractivity contribution in [1.82, 2.24) is 13.6 Å². The molecule has 1 aliphatic carbocycles. The van der Waals surface area contributed by atoms with Crippen molar-refractivity contribution in [2.45, 2.75) is 38.1 Å². The van der Waals surface area contributed by atoms with E-state index in [0.717, 1.165) is 42.3 Å². The normalized spacial score (nSPS) is 19.3. The van der Waals surface area contributed by atoms with Crippen LogP contribution in [0.4, 0.5) is 5.69 Å². The Bertz CT molecular complexity index is 1070. The highest BCUT2D eigenvalue weighted by molar-refractivity contribution is 7.86. The third kappa shape index (κ3) is 4.00. The van der Waals surface area contributed by atoms with E-state index in [1.807, 2.05) is 12.1 Å². The molecule has 1 saturated carbocycles. The Hall–Kier alpha value is -1.92. The molecule has 0 bridgehead atoms. The fourth-order valence-corrected chi connectivity index (χ4v) is 6.28. The van der Waals surface area contributed by atoms with Crippen LogP contribution in [0.2, 0.25) is 5.02 Å². The molecular weight excluding hydrogens is 422 g/mol. The number of fused-ring (bicyclic) bond motifs is 1.